The summed E-state index contributed by atoms with van der Waals surface area (Å²) in [6.07, 6.45) is -0.266. The van der Waals surface area contributed by atoms with Gasteiger partial charge in [-0.2, -0.15) is 0 Å². The highest BCUT2D eigenvalue weighted by atomic mass is 16.6. The zero-order valence-corrected chi connectivity index (χ0v) is 11.6. The van der Waals surface area contributed by atoms with Gasteiger partial charge in [0, 0.05) is 18.2 Å². The fourth-order valence-corrected chi connectivity index (χ4v) is 2.59. The Bertz CT molecular complexity index is 628. The van der Waals surface area contributed by atoms with Gasteiger partial charge >= 0.3 is 0 Å². The summed E-state index contributed by atoms with van der Waals surface area (Å²) >= 11 is 0. The molecule has 21 heavy (non-hydrogen) atoms. The minimum atomic E-state index is -0.401. The highest BCUT2D eigenvalue weighted by molar-refractivity contribution is 5.34. The summed E-state index contributed by atoms with van der Waals surface area (Å²) in [5.41, 5.74) is 2.11. The number of nitrogens with zero attached hydrogens (tertiary/aromatic N) is 1. The maximum Gasteiger partial charge on any atom is 0.269 e. The summed E-state index contributed by atoms with van der Waals surface area (Å²) in [4.78, 5) is 10.3. The molecule has 0 saturated carbocycles. The smallest absolute Gasteiger partial charge is 0.269 e. The molecule has 0 spiro atoms. The molecule has 3 atom stereocenters. The number of benzene rings is 2. The minimum Gasteiger partial charge on any atom is -0.350 e. The summed E-state index contributed by atoms with van der Waals surface area (Å²) in [5.74, 6) is 0. The lowest BCUT2D eigenvalue weighted by atomic mass is 10.0. The van der Waals surface area contributed by atoms with E-state index in [0.29, 0.717) is 0 Å². The van der Waals surface area contributed by atoms with Crippen molar-refractivity contribution in [2.24, 2.45) is 0 Å². The Morgan fingerprint density at radius 1 is 1.05 bits per heavy atom. The average Bonchev–Trinajstić information content (AvgIpc) is 2.90. The molecule has 2 aromatic carbocycles. The van der Waals surface area contributed by atoms with E-state index in [0.717, 1.165) is 11.1 Å². The molecular formula is C16H16N2O3. The van der Waals surface area contributed by atoms with Crippen LogP contribution in [0.4, 0.5) is 5.69 Å². The van der Waals surface area contributed by atoms with Crippen LogP contribution in [0.5, 0.6) is 0 Å². The average molecular weight is 284 g/mol. The Balaban J connectivity index is 1.78. The van der Waals surface area contributed by atoms with Crippen LogP contribution in [-0.2, 0) is 4.74 Å². The van der Waals surface area contributed by atoms with E-state index in [4.69, 9.17) is 4.74 Å². The van der Waals surface area contributed by atoms with Crippen LogP contribution in [0.2, 0.25) is 0 Å². The van der Waals surface area contributed by atoms with Crippen molar-refractivity contribution >= 4 is 5.69 Å². The summed E-state index contributed by atoms with van der Waals surface area (Å²) in [5, 5.41) is 14.1. The van der Waals surface area contributed by atoms with Gasteiger partial charge in [-0.25, -0.2) is 0 Å². The number of nitrogens with one attached hydrogen (secondary N) is 1. The van der Waals surface area contributed by atoms with E-state index in [9.17, 15) is 10.1 Å². The van der Waals surface area contributed by atoms with Gasteiger partial charge in [-0.1, -0.05) is 30.3 Å². The third-order valence-electron chi connectivity index (χ3n) is 3.69. The van der Waals surface area contributed by atoms with Crippen molar-refractivity contribution in [2.45, 2.75) is 25.3 Å². The van der Waals surface area contributed by atoms with Crippen molar-refractivity contribution in [3.63, 3.8) is 0 Å². The van der Waals surface area contributed by atoms with Crippen LogP contribution in [0.15, 0.2) is 54.6 Å². The monoisotopic (exact) mass is 284 g/mol. The van der Waals surface area contributed by atoms with E-state index < -0.39 is 4.92 Å². The summed E-state index contributed by atoms with van der Waals surface area (Å²) in [6.45, 7) is 2.07. The van der Waals surface area contributed by atoms with Crippen LogP contribution in [0.25, 0.3) is 0 Å². The predicted octanol–water partition coefficient (Wildman–Crippen LogP) is 3.34. The maximum absolute atomic E-state index is 10.7. The molecule has 5 nitrogen and oxygen atoms in total. The van der Waals surface area contributed by atoms with E-state index in [2.05, 4.69) is 12.2 Å². The number of non-ortho nitro benzene ring substituents is 1. The number of hydrogen-bond donors (Lipinski definition) is 1. The Morgan fingerprint density at radius 2 is 1.71 bits per heavy atom. The second-order valence-electron chi connectivity index (χ2n) is 5.15. The molecule has 1 N–H and O–H groups in total. The Morgan fingerprint density at radius 3 is 2.33 bits per heavy atom. The first-order chi connectivity index (χ1) is 10.1. The number of rotatable bonds is 3. The summed E-state index contributed by atoms with van der Waals surface area (Å²) < 4.78 is 6.07. The van der Waals surface area contributed by atoms with Gasteiger partial charge in [0.1, 0.15) is 12.3 Å². The molecule has 1 aliphatic rings. The first kappa shape index (κ1) is 13.7. The molecule has 0 bridgehead atoms. The Kier molecular flexibility index (Phi) is 3.68. The van der Waals surface area contributed by atoms with Crippen molar-refractivity contribution in [3.05, 3.63) is 75.8 Å². The highest BCUT2D eigenvalue weighted by Gasteiger charge is 2.33. The van der Waals surface area contributed by atoms with Gasteiger partial charge in [0.05, 0.1) is 4.92 Å². The molecule has 108 valence electrons. The number of nitro benzene ring substituents is 1. The minimum absolute atomic E-state index is 0.0219. The molecule has 1 saturated heterocycles. The molecule has 0 aromatic heterocycles. The van der Waals surface area contributed by atoms with E-state index in [1.165, 1.54) is 12.1 Å². The van der Waals surface area contributed by atoms with Gasteiger partial charge in [-0.05, 0) is 30.2 Å². The SMILES string of the molecule is C[C@H]1N[C@H](c2ccc([N+](=O)[O-])cc2)O[C@H]1c1ccccc1. The van der Waals surface area contributed by atoms with Crippen molar-refractivity contribution in [2.75, 3.05) is 0 Å². The van der Waals surface area contributed by atoms with E-state index >= 15 is 0 Å². The standard InChI is InChI=1S/C16H16N2O3/c1-11-15(12-5-3-2-4-6-12)21-16(17-11)13-7-9-14(10-8-13)18(19)20/h2-11,15-17H,1H3/t11-,15-,16+/m1/s1. The molecule has 1 heterocycles. The molecule has 0 aliphatic carbocycles. The quantitative estimate of drug-likeness (QED) is 0.693. The lowest BCUT2D eigenvalue weighted by Crippen LogP contribution is -2.23. The van der Waals surface area contributed by atoms with Gasteiger partial charge in [0.25, 0.3) is 5.69 Å². The predicted molar refractivity (Wildman–Crippen MR) is 78.7 cm³/mol. The molecule has 0 unspecified atom stereocenters. The zero-order chi connectivity index (χ0) is 14.8. The Labute approximate surface area is 122 Å². The van der Waals surface area contributed by atoms with Crippen LogP contribution in [0.1, 0.15) is 30.4 Å². The summed E-state index contributed by atoms with van der Waals surface area (Å²) in [7, 11) is 0. The molecule has 1 aliphatic heterocycles. The topological polar surface area (TPSA) is 64.4 Å². The van der Waals surface area contributed by atoms with Crippen LogP contribution in [0.3, 0.4) is 0 Å². The highest BCUT2D eigenvalue weighted by Crippen LogP contribution is 2.35. The van der Waals surface area contributed by atoms with Gasteiger partial charge < -0.3 is 4.74 Å². The van der Waals surface area contributed by atoms with Crippen molar-refractivity contribution in [3.8, 4) is 0 Å². The largest absolute Gasteiger partial charge is 0.350 e. The Hall–Kier alpha value is -2.24. The lowest BCUT2D eigenvalue weighted by Gasteiger charge is -2.14. The van der Waals surface area contributed by atoms with Crippen molar-refractivity contribution in [1.29, 1.82) is 0 Å². The second-order valence-corrected chi connectivity index (χ2v) is 5.15. The van der Waals surface area contributed by atoms with E-state index in [1.54, 1.807) is 12.1 Å². The first-order valence-corrected chi connectivity index (χ1v) is 6.86. The van der Waals surface area contributed by atoms with E-state index in [1.807, 2.05) is 30.3 Å². The molecule has 0 amide bonds. The second kappa shape index (κ2) is 5.63. The van der Waals surface area contributed by atoms with Crippen LogP contribution in [0, 0.1) is 10.1 Å². The molecular weight excluding hydrogens is 268 g/mol. The number of hydrogen-bond acceptors (Lipinski definition) is 4. The van der Waals surface area contributed by atoms with Crippen LogP contribution < -0.4 is 5.32 Å². The van der Waals surface area contributed by atoms with E-state index in [-0.39, 0.29) is 24.1 Å². The molecule has 3 rings (SSSR count). The fourth-order valence-electron chi connectivity index (χ4n) is 2.59. The van der Waals surface area contributed by atoms with Gasteiger partial charge in [-0.15, -0.1) is 0 Å². The third kappa shape index (κ3) is 2.79. The first-order valence-electron chi connectivity index (χ1n) is 6.86. The summed E-state index contributed by atoms with van der Waals surface area (Å²) in [6, 6.07) is 16.7. The van der Waals surface area contributed by atoms with Gasteiger partial charge in [0.2, 0.25) is 0 Å². The zero-order valence-electron chi connectivity index (χ0n) is 11.6. The fraction of sp³-hybridized carbons (Fsp3) is 0.250. The van der Waals surface area contributed by atoms with Gasteiger partial charge in [0.15, 0.2) is 0 Å². The maximum atomic E-state index is 10.7. The number of nitro groups is 1. The molecule has 2 aromatic rings. The molecule has 5 heteroatoms. The van der Waals surface area contributed by atoms with Crippen LogP contribution in [-0.4, -0.2) is 11.0 Å². The van der Waals surface area contributed by atoms with Gasteiger partial charge in [-0.3, -0.25) is 15.4 Å². The van der Waals surface area contributed by atoms with Crippen LogP contribution >= 0.6 is 0 Å². The normalized spacial score (nSPS) is 24.9. The number of ether oxygens (including phenoxy) is 1. The van der Waals surface area contributed by atoms with Crippen molar-refractivity contribution < 1.29 is 9.66 Å². The molecule has 0 radical (unpaired) electrons. The third-order valence-corrected chi connectivity index (χ3v) is 3.69. The lowest BCUT2D eigenvalue weighted by molar-refractivity contribution is -0.384. The molecule has 1 fully saturated rings. The van der Waals surface area contributed by atoms with Crippen molar-refractivity contribution in [1.82, 2.24) is 5.32 Å².